The third-order valence-corrected chi connectivity index (χ3v) is 8.95. The zero-order chi connectivity index (χ0) is 34.2. The minimum absolute atomic E-state index is 0.000800. The van der Waals surface area contributed by atoms with Gasteiger partial charge < -0.3 is 30.5 Å². The maximum Gasteiger partial charge on any atom is 0.333 e. The van der Waals surface area contributed by atoms with E-state index < -0.39 is 17.8 Å². The van der Waals surface area contributed by atoms with Crippen LogP contribution in [0.5, 0.6) is 0 Å². The smallest absolute Gasteiger partial charge is 0.333 e. The van der Waals surface area contributed by atoms with Crippen molar-refractivity contribution in [2.75, 3.05) is 43.8 Å². The van der Waals surface area contributed by atoms with Crippen LogP contribution in [0.1, 0.15) is 75.0 Å². The van der Waals surface area contributed by atoms with Crippen LogP contribution in [0, 0.1) is 6.92 Å². The van der Waals surface area contributed by atoms with Crippen molar-refractivity contribution < 1.29 is 29.1 Å². The summed E-state index contributed by atoms with van der Waals surface area (Å²) in [5.41, 5.74) is 11.1. The van der Waals surface area contributed by atoms with E-state index in [0.29, 0.717) is 30.5 Å². The fourth-order valence-corrected chi connectivity index (χ4v) is 6.15. The molecule has 14 nitrogen and oxygen atoms in total. The Labute approximate surface area is 280 Å². The largest absolute Gasteiger partial charge is 0.394 e. The number of anilines is 2. The van der Waals surface area contributed by atoms with E-state index in [1.165, 1.54) is 16.7 Å². The number of imide groups is 1. The van der Waals surface area contributed by atoms with Crippen molar-refractivity contribution in [1.82, 2.24) is 29.4 Å². The molecule has 1 aromatic carbocycles. The molecule has 3 amide bonds. The second-order valence-electron chi connectivity index (χ2n) is 12.6. The molecule has 3 aromatic rings. The number of unbranched alkanes of at least 4 members (excludes halogenated alkanes) is 1. The molecule has 258 valence electrons. The normalized spacial score (nSPS) is 16.1. The van der Waals surface area contributed by atoms with Gasteiger partial charge in [-0.15, -0.1) is 5.06 Å². The third kappa shape index (κ3) is 8.66. The summed E-state index contributed by atoms with van der Waals surface area (Å²) in [6.45, 7) is 8.25. The number of aliphatic hydroxyl groups is 1. The lowest BCUT2D eigenvalue weighted by molar-refractivity contribution is -0.197. The van der Waals surface area contributed by atoms with Crippen molar-refractivity contribution in [2.45, 2.75) is 84.3 Å². The van der Waals surface area contributed by atoms with Crippen molar-refractivity contribution in [3.63, 3.8) is 0 Å². The van der Waals surface area contributed by atoms with Crippen molar-refractivity contribution in [3.05, 3.63) is 47.2 Å². The molecule has 14 heteroatoms. The third-order valence-electron chi connectivity index (χ3n) is 8.95. The van der Waals surface area contributed by atoms with E-state index in [0.717, 1.165) is 49.9 Å². The van der Waals surface area contributed by atoms with Crippen LogP contribution in [-0.2, 0) is 37.1 Å². The number of nitrogens with one attached hydrogen (secondary N) is 1. The van der Waals surface area contributed by atoms with Gasteiger partial charge in [-0.3, -0.25) is 19.3 Å². The lowest BCUT2D eigenvalue weighted by Gasteiger charge is -2.35. The summed E-state index contributed by atoms with van der Waals surface area (Å²) in [6.07, 6.45) is 5.38. The van der Waals surface area contributed by atoms with E-state index in [-0.39, 0.29) is 56.6 Å². The van der Waals surface area contributed by atoms with Crippen molar-refractivity contribution >= 4 is 46.5 Å². The Hall–Kier alpha value is -4.56. The molecule has 2 fully saturated rings. The number of piperazine rings is 1. The Balaban J connectivity index is 1.14. The minimum Gasteiger partial charge on any atom is -0.394 e. The van der Waals surface area contributed by atoms with E-state index >= 15 is 0 Å². The second-order valence-corrected chi connectivity index (χ2v) is 12.6. The molecule has 0 saturated carbocycles. The number of fused-ring (bicyclic) bond motifs is 1. The number of aryl methyl sites for hydroxylation is 1. The molecule has 2 saturated heterocycles. The molecule has 1 atom stereocenters. The number of rotatable bonds is 15. The zero-order valence-electron chi connectivity index (χ0n) is 27.8. The maximum atomic E-state index is 12.8. The Bertz CT molecular complexity index is 1620. The Morgan fingerprint density at radius 3 is 2.48 bits per heavy atom. The molecular formula is C34H46N8O6. The van der Waals surface area contributed by atoms with Gasteiger partial charge >= 0.3 is 5.97 Å². The number of aliphatic hydroxyl groups excluding tert-OH is 1. The van der Waals surface area contributed by atoms with Crippen LogP contribution < -0.4 is 11.1 Å². The first-order chi connectivity index (χ1) is 23.1. The van der Waals surface area contributed by atoms with Gasteiger partial charge in [0.1, 0.15) is 5.52 Å². The van der Waals surface area contributed by atoms with Gasteiger partial charge in [-0.05, 0) is 42.5 Å². The maximum absolute atomic E-state index is 12.8. The number of carbonyl (C=O) groups is 4. The number of benzene rings is 1. The highest BCUT2D eigenvalue weighted by molar-refractivity contribution is 6.01. The number of hydroxylamine groups is 2. The van der Waals surface area contributed by atoms with E-state index in [2.05, 4.69) is 56.8 Å². The first-order valence-electron chi connectivity index (χ1n) is 16.8. The molecule has 0 aliphatic carbocycles. The lowest BCUT2D eigenvalue weighted by atomic mass is 10.0. The Morgan fingerprint density at radius 2 is 1.77 bits per heavy atom. The highest BCUT2D eigenvalue weighted by Crippen LogP contribution is 2.26. The van der Waals surface area contributed by atoms with Gasteiger partial charge in [-0.1, -0.05) is 38.0 Å². The highest BCUT2D eigenvalue weighted by Gasteiger charge is 2.32. The van der Waals surface area contributed by atoms with Gasteiger partial charge in [0.15, 0.2) is 5.82 Å². The Morgan fingerprint density at radius 1 is 1.02 bits per heavy atom. The summed E-state index contributed by atoms with van der Waals surface area (Å²) in [6, 6.07) is 8.31. The standard InChI is InChI=1S/C34H46N8O6/c1-3-4-6-26(22-43)36-33-32-27(37-34(35)38-33)13-14-41(32)21-25-19-24(10-9-23(25)2)20-39-15-17-40(18-16-39)28(44)7-5-8-31(47)48-42-29(45)11-12-30(42)46/h9-10,13-14,19,26,43H,3-8,11-12,15-18,20-22H2,1-2H3,(H3,35,36,37,38)/t26-/m0/s1. The summed E-state index contributed by atoms with van der Waals surface area (Å²) >= 11 is 0. The number of nitrogens with two attached hydrogens (primary N) is 1. The molecule has 0 spiro atoms. The fourth-order valence-electron chi connectivity index (χ4n) is 6.15. The SMILES string of the molecule is CCCC[C@@H](CO)Nc1nc(N)nc2ccn(Cc3cc(CN4CCN(C(=O)CCCC(=O)ON5C(=O)CCC5=O)CC4)ccc3C)c12. The summed E-state index contributed by atoms with van der Waals surface area (Å²) < 4.78 is 2.12. The number of nitrogen functional groups attached to an aromatic ring is 1. The number of carbonyl (C=O) groups excluding carboxylic acids is 4. The number of aromatic nitrogens is 3. The van der Waals surface area contributed by atoms with Gasteiger partial charge in [0, 0.05) is 71.1 Å². The number of hydrogen-bond donors (Lipinski definition) is 3. The number of hydrogen-bond acceptors (Lipinski definition) is 11. The molecule has 0 bridgehead atoms. The highest BCUT2D eigenvalue weighted by atomic mass is 16.7. The molecule has 2 aliphatic rings. The van der Waals surface area contributed by atoms with Gasteiger partial charge in [0.2, 0.25) is 11.9 Å². The first-order valence-corrected chi connectivity index (χ1v) is 16.8. The van der Waals surface area contributed by atoms with Gasteiger partial charge in [-0.25, -0.2) is 9.78 Å². The van der Waals surface area contributed by atoms with Crippen molar-refractivity contribution in [2.24, 2.45) is 0 Å². The van der Waals surface area contributed by atoms with Crippen LogP contribution in [0.3, 0.4) is 0 Å². The summed E-state index contributed by atoms with van der Waals surface area (Å²) in [5.74, 6) is -0.943. The number of nitrogens with zero attached hydrogens (tertiary/aromatic N) is 6. The molecular weight excluding hydrogens is 616 g/mol. The van der Waals surface area contributed by atoms with Crippen LogP contribution in [0.15, 0.2) is 30.5 Å². The molecule has 48 heavy (non-hydrogen) atoms. The van der Waals surface area contributed by atoms with Crippen molar-refractivity contribution in [3.8, 4) is 0 Å². The monoisotopic (exact) mass is 662 g/mol. The Kier molecular flexibility index (Phi) is 11.6. The van der Waals surface area contributed by atoms with E-state index in [9.17, 15) is 24.3 Å². The minimum atomic E-state index is -0.688. The summed E-state index contributed by atoms with van der Waals surface area (Å²) in [7, 11) is 0. The molecule has 4 heterocycles. The lowest BCUT2D eigenvalue weighted by Crippen LogP contribution is -2.48. The summed E-state index contributed by atoms with van der Waals surface area (Å²) in [5, 5.41) is 13.9. The predicted molar refractivity (Wildman–Crippen MR) is 179 cm³/mol. The van der Waals surface area contributed by atoms with E-state index in [1.54, 1.807) is 0 Å². The van der Waals surface area contributed by atoms with Crippen LogP contribution in [0.4, 0.5) is 11.8 Å². The first kappa shape index (κ1) is 34.8. The molecule has 5 rings (SSSR count). The van der Waals surface area contributed by atoms with Crippen molar-refractivity contribution in [1.29, 1.82) is 0 Å². The van der Waals surface area contributed by atoms with Gasteiger partial charge in [0.25, 0.3) is 11.8 Å². The van der Waals surface area contributed by atoms with Crippen LogP contribution in [0.2, 0.25) is 0 Å². The second kappa shape index (κ2) is 16.0. The predicted octanol–water partition coefficient (Wildman–Crippen LogP) is 2.75. The topological polar surface area (TPSA) is 176 Å². The van der Waals surface area contributed by atoms with Gasteiger partial charge in [0.05, 0.1) is 18.2 Å². The van der Waals surface area contributed by atoms with Crippen LogP contribution in [-0.4, -0.2) is 97.0 Å². The molecule has 4 N–H and O–H groups in total. The zero-order valence-corrected chi connectivity index (χ0v) is 27.8. The average Bonchev–Trinajstić information content (AvgIpc) is 3.62. The quantitative estimate of drug-likeness (QED) is 0.204. The average molecular weight is 663 g/mol. The molecule has 0 radical (unpaired) electrons. The molecule has 2 aromatic heterocycles. The molecule has 2 aliphatic heterocycles. The van der Waals surface area contributed by atoms with E-state index in [1.807, 2.05) is 17.2 Å². The van der Waals surface area contributed by atoms with Crippen LogP contribution in [0.25, 0.3) is 11.0 Å². The van der Waals surface area contributed by atoms with E-state index in [4.69, 9.17) is 10.6 Å². The number of amides is 3. The fraction of sp³-hybridized carbons (Fsp3) is 0.529. The van der Waals surface area contributed by atoms with Gasteiger partial charge in [-0.2, -0.15) is 4.98 Å². The summed E-state index contributed by atoms with van der Waals surface area (Å²) in [4.78, 5) is 66.0. The molecule has 0 unspecified atom stereocenters. The van der Waals surface area contributed by atoms with Crippen LogP contribution >= 0.6 is 0 Å².